The van der Waals surface area contributed by atoms with Gasteiger partial charge in [0.2, 0.25) is 0 Å². The molecule has 7 heteroatoms. The lowest BCUT2D eigenvalue weighted by molar-refractivity contribution is -0.255. The zero-order chi connectivity index (χ0) is 17.4. The SMILES string of the molecule is Cc1c(C(=O)[O-])cccc1[C@@H]1C=C[C@H](n2cc(C)c(=O)[nH]c2=O)O1. The maximum Gasteiger partial charge on any atom is 0.330 e. The molecule has 0 saturated carbocycles. The number of H-pyrrole nitrogens is 1. The largest absolute Gasteiger partial charge is 0.545 e. The molecule has 1 aromatic heterocycles. The highest BCUT2D eigenvalue weighted by Crippen LogP contribution is 2.33. The molecule has 1 N–H and O–H groups in total. The van der Waals surface area contributed by atoms with Gasteiger partial charge in [-0.25, -0.2) is 4.79 Å². The summed E-state index contributed by atoms with van der Waals surface area (Å²) in [4.78, 5) is 36.8. The maximum absolute atomic E-state index is 11.9. The van der Waals surface area contributed by atoms with Gasteiger partial charge in [0.15, 0.2) is 6.23 Å². The van der Waals surface area contributed by atoms with Gasteiger partial charge in [-0.05, 0) is 31.1 Å². The number of carboxylic acid groups (broad SMARTS) is 1. The molecule has 0 unspecified atom stereocenters. The van der Waals surface area contributed by atoms with Crippen LogP contribution >= 0.6 is 0 Å². The number of aryl methyl sites for hydroxylation is 1. The minimum atomic E-state index is -1.25. The van der Waals surface area contributed by atoms with Crippen LogP contribution in [0.4, 0.5) is 0 Å². The van der Waals surface area contributed by atoms with Crippen molar-refractivity contribution in [3.8, 4) is 0 Å². The quantitative estimate of drug-likeness (QED) is 0.819. The smallest absolute Gasteiger partial charge is 0.330 e. The standard InChI is InChI=1S/C17H16N2O5/c1-9-8-19(17(23)18-15(9)20)14-7-6-13(24-14)11-4-3-5-12(10(11)2)16(21)22/h3-8,13-14H,1-2H3,(H,21,22)(H,18,20,23)/p-1/t13-,14+/m0/s1. The Balaban J connectivity index is 1.93. The van der Waals surface area contributed by atoms with Crippen molar-refractivity contribution in [2.75, 3.05) is 0 Å². The average molecular weight is 327 g/mol. The third-order valence-electron chi connectivity index (χ3n) is 4.06. The zero-order valence-corrected chi connectivity index (χ0v) is 13.1. The van der Waals surface area contributed by atoms with Gasteiger partial charge in [-0.2, -0.15) is 0 Å². The van der Waals surface area contributed by atoms with Crippen molar-refractivity contribution >= 4 is 5.97 Å². The van der Waals surface area contributed by atoms with Crippen molar-refractivity contribution < 1.29 is 14.6 Å². The van der Waals surface area contributed by atoms with Gasteiger partial charge in [0.25, 0.3) is 5.56 Å². The lowest BCUT2D eigenvalue weighted by Gasteiger charge is -2.19. The van der Waals surface area contributed by atoms with Crippen molar-refractivity contribution in [2.45, 2.75) is 26.2 Å². The molecule has 124 valence electrons. The summed E-state index contributed by atoms with van der Waals surface area (Å²) in [5.41, 5.74) is 0.728. The lowest BCUT2D eigenvalue weighted by atomic mass is 9.98. The minimum absolute atomic E-state index is 0.102. The van der Waals surface area contributed by atoms with E-state index in [2.05, 4.69) is 4.98 Å². The van der Waals surface area contributed by atoms with Crippen LogP contribution in [-0.4, -0.2) is 15.5 Å². The van der Waals surface area contributed by atoms with Gasteiger partial charge < -0.3 is 14.6 Å². The summed E-state index contributed by atoms with van der Waals surface area (Å²) < 4.78 is 7.12. The Kier molecular flexibility index (Phi) is 3.94. The van der Waals surface area contributed by atoms with E-state index in [9.17, 15) is 19.5 Å². The number of aromatic carboxylic acids is 1. The van der Waals surface area contributed by atoms with E-state index in [0.717, 1.165) is 0 Å². The Bertz CT molecular complexity index is 954. The Morgan fingerprint density at radius 1 is 1.25 bits per heavy atom. The van der Waals surface area contributed by atoms with Crippen LogP contribution in [0.25, 0.3) is 0 Å². The van der Waals surface area contributed by atoms with Crippen LogP contribution in [0.1, 0.15) is 39.4 Å². The molecule has 0 amide bonds. The molecule has 1 aliphatic rings. The topological polar surface area (TPSA) is 104 Å². The number of carbonyl (C=O) groups excluding carboxylic acids is 1. The van der Waals surface area contributed by atoms with Crippen LogP contribution in [0.5, 0.6) is 0 Å². The highest BCUT2D eigenvalue weighted by atomic mass is 16.5. The van der Waals surface area contributed by atoms with Crippen molar-refractivity contribution in [1.82, 2.24) is 9.55 Å². The van der Waals surface area contributed by atoms with Crippen molar-refractivity contribution in [2.24, 2.45) is 0 Å². The summed E-state index contributed by atoms with van der Waals surface area (Å²) >= 11 is 0. The van der Waals surface area contributed by atoms with E-state index >= 15 is 0 Å². The zero-order valence-electron chi connectivity index (χ0n) is 13.1. The van der Waals surface area contributed by atoms with E-state index in [0.29, 0.717) is 16.7 Å². The van der Waals surface area contributed by atoms with Gasteiger partial charge in [-0.3, -0.25) is 14.3 Å². The van der Waals surface area contributed by atoms with Gasteiger partial charge in [0.05, 0.1) is 5.97 Å². The normalized spacial score (nSPS) is 19.6. The molecular formula is C17H15N2O5-. The molecular weight excluding hydrogens is 312 g/mol. The number of hydrogen-bond donors (Lipinski definition) is 1. The third-order valence-corrected chi connectivity index (χ3v) is 4.06. The molecule has 1 aliphatic heterocycles. The van der Waals surface area contributed by atoms with Crippen LogP contribution in [0.15, 0.2) is 46.1 Å². The van der Waals surface area contributed by atoms with Crippen molar-refractivity contribution in [3.63, 3.8) is 0 Å². The molecule has 1 aromatic carbocycles. The highest BCUT2D eigenvalue weighted by molar-refractivity contribution is 5.88. The fourth-order valence-corrected chi connectivity index (χ4v) is 2.73. The number of carboxylic acids is 1. The molecule has 0 spiro atoms. The van der Waals surface area contributed by atoms with Gasteiger partial charge >= 0.3 is 5.69 Å². The minimum Gasteiger partial charge on any atom is -0.545 e. The monoisotopic (exact) mass is 327 g/mol. The lowest BCUT2D eigenvalue weighted by Crippen LogP contribution is -2.33. The second-order valence-corrected chi connectivity index (χ2v) is 5.62. The molecule has 2 heterocycles. The fraction of sp³-hybridized carbons (Fsp3) is 0.235. The molecule has 0 bridgehead atoms. The van der Waals surface area contributed by atoms with E-state index in [4.69, 9.17) is 4.74 Å². The number of hydrogen-bond acceptors (Lipinski definition) is 5. The first-order valence-corrected chi connectivity index (χ1v) is 7.35. The average Bonchev–Trinajstić information content (AvgIpc) is 3.00. The van der Waals surface area contributed by atoms with E-state index in [-0.39, 0.29) is 5.56 Å². The molecule has 2 atom stereocenters. The predicted molar refractivity (Wildman–Crippen MR) is 83.6 cm³/mol. The fourth-order valence-electron chi connectivity index (χ4n) is 2.73. The van der Waals surface area contributed by atoms with E-state index in [1.807, 2.05) is 0 Å². The Morgan fingerprint density at radius 2 is 2.00 bits per heavy atom. The molecule has 3 rings (SSSR count). The van der Waals surface area contributed by atoms with Gasteiger partial charge in [-0.15, -0.1) is 0 Å². The van der Waals surface area contributed by atoms with Crippen molar-refractivity contribution in [1.29, 1.82) is 0 Å². The molecule has 2 aromatic rings. The second kappa shape index (κ2) is 5.93. The van der Waals surface area contributed by atoms with Crippen LogP contribution < -0.4 is 16.4 Å². The molecule has 0 aliphatic carbocycles. The van der Waals surface area contributed by atoms with Crippen molar-refractivity contribution in [3.05, 3.63) is 79.6 Å². The molecule has 0 fully saturated rings. The number of aromatic amines is 1. The number of benzene rings is 1. The molecule has 0 radical (unpaired) electrons. The summed E-state index contributed by atoms with van der Waals surface area (Å²) in [6.45, 7) is 3.28. The Morgan fingerprint density at radius 3 is 2.71 bits per heavy atom. The summed E-state index contributed by atoms with van der Waals surface area (Å²) in [7, 11) is 0. The third kappa shape index (κ3) is 2.69. The maximum atomic E-state index is 11.9. The first-order valence-electron chi connectivity index (χ1n) is 7.35. The van der Waals surface area contributed by atoms with Crippen LogP contribution in [0.3, 0.4) is 0 Å². The number of ether oxygens (including phenoxy) is 1. The highest BCUT2D eigenvalue weighted by Gasteiger charge is 2.25. The Hall–Kier alpha value is -2.93. The molecule has 24 heavy (non-hydrogen) atoms. The first kappa shape index (κ1) is 15.9. The number of nitrogens with one attached hydrogen (secondary N) is 1. The van der Waals surface area contributed by atoms with Gasteiger partial charge in [-0.1, -0.05) is 24.3 Å². The molecule has 0 saturated heterocycles. The predicted octanol–water partition coefficient (Wildman–Crippen LogP) is 0.343. The summed E-state index contributed by atoms with van der Waals surface area (Å²) in [6, 6.07) is 4.86. The second-order valence-electron chi connectivity index (χ2n) is 5.62. The van der Waals surface area contributed by atoms with Crippen LogP contribution in [0, 0.1) is 13.8 Å². The van der Waals surface area contributed by atoms with Gasteiger partial charge in [0.1, 0.15) is 6.10 Å². The molecule has 7 nitrogen and oxygen atoms in total. The first-order chi connectivity index (χ1) is 11.4. The number of rotatable bonds is 3. The summed E-state index contributed by atoms with van der Waals surface area (Å²) in [6.07, 6.45) is 3.70. The van der Waals surface area contributed by atoms with Crippen LogP contribution in [-0.2, 0) is 4.74 Å². The summed E-state index contributed by atoms with van der Waals surface area (Å²) in [5, 5.41) is 11.1. The van der Waals surface area contributed by atoms with E-state index in [1.54, 1.807) is 38.1 Å². The number of aromatic nitrogens is 2. The van der Waals surface area contributed by atoms with Crippen LogP contribution in [0.2, 0.25) is 0 Å². The van der Waals surface area contributed by atoms with Gasteiger partial charge in [0, 0.05) is 17.3 Å². The van der Waals surface area contributed by atoms with E-state index < -0.39 is 29.6 Å². The number of carbonyl (C=O) groups is 1. The summed E-state index contributed by atoms with van der Waals surface area (Å²) in [5.74, 6) is -1.25. The Labute approximate surface area is 136 Å². The number of nitrogens with zero attached hydrogens (tertiary/aromatic N) is 1. The van der Waals surface area contributed by atoms with E-state index in [1.165, 1.54) is 16.8 Å².